The Bertz CT molecular complexity index is 476. The van der Waals surface area contributed by atoms with Crippen LogP contribution >= 0.6 is 0 Å². The predicted molar refractivity (Wildman–Crippen MR) is 66.1 cm³/mol. The number of hydrogen-bond donors (Lipinski definition) is 1. The van der Waals surface area contributed by atoms with Gasteiger partial charge in [0.25, 0.3) is 0 Å². The van der Waals surface area contributed by atoms with E-state index in [1.165, 1.54) is 39.3 Å². The van der Waals surface area contributed by atoms with Crippen molar-refractivity contribution in [2.24, 2.45) is 0 Å². The van der Waals surface area contributed by atoms with Crippen LogP contribution in [0.3, 0.4) is 0 Å². The van der Waals surface area contributed by atoms with Gasteiger partial charge in [-0.05, 0) is 13.0 Å². The predicted octanol–water partition coefficient (Wildman–Crippen LogP) is 1.94. The first-order valence-electron chi connectivity index (χ1n) is 5.84. The fraction of sp³-hybridized carbons (Fsp3) is 0.462. The quantitative estimate of drug-likeness (QED) is 0.811. The Morgan fingerprint density at radius 3 is 2.50 bits per heavy atom. The summed E-state index contributed by atoms with van der Waals surface area (Å²) in [7, 11) is 2.58. The molecule has 0 bridgehead atoms. The first-order chi connectivity index (χ1) is 9.39. The molecule has 1 rings (SSSR count). The molecule has 1 unspecified atom stereocenters. The zero-order valence-electron chi connectivity index (χ0n) is 11.4. The third-order valence-corrected chi connectivity index (χ3v) is 2.62. The van der Waals surface area contributed by atoms with E-state index in [9.17, 15) is 18.7 Å². The van der Waals surface area contributed by atoms with Crippen molar-refractivity contribution >= 4 is 5.97 Å². The van der Waals surface area contributed by atoms with Crippen LogP contribution in [0.5, 0.6) is 11.5 Å². The summed E-state index contributed by atoms with van der Waals surface area (Å²) >= 11 is 0. The zero-order chi connectivity index (χ0) is 15.3. The Hall–Kier alpha value is -1.89. The van der Waals surface area contributed by atoms with Gasteiger partial charge in [-0.3, -0.25) is 0 Å². The van der Waals surface area contributed by atoms with Crippen molar-refractivity contribution in [3.63, 3.8) is 0 Å². The van der Waals surface area contributed by atoms with Crippen LogP contribution in [0.25, 0.3) is 0 Å². The molecule has 0 aliphatic carbocycles. The largest absolute Gasteiger partial charge is 0.493 e. The SMILES string of the molecule is CCOC(=O)C(F)(F)C(O)c1cccc(OC)c1OC. The third-order valence-electron chi connectivity index (χ3n) is 2.62. The molecule has 0 aromatic heterocycles. The van der Waals surface area contributed by atoms with Crippen molar-refractivity contribution in [2.75, 3.05) is 20.8 Å². The topological polar surface area (TPSA) is 65.0 Å². The Balaban J connectivity index is 3.20. The second kappa shape index (κ2) is 6.51. The molecule has 0 aliphatic heterocycles. The van der Waals surface area contributed by atoms with Gasteiger partial charge in [-0.2, -0.15) is 8.78 Å². The number of carbonyl (C=O) groups is 1. The van der Waals surface area contributed by atoms with Crippen LogP contribution in [0.1, 0.15) is 18.6 Å². The van der Waals surface area contributed by atoms with Gasteiger partial charge in [-0.1, -0.05) is 12.1 Å². The van der Waals surface area contributed by atoms with Gasteiger partial charge in [0, 0.05) is 5.56 Å². The van der Waals surface area contributed by atoms with Crippen LogP contribution in [-0.2, 0) is 9.53 Å². The van der Waals surface area contributed by atoms with Gasteiger partial charge >= 0.3 is 11.9 Å². The summed E-state index contributed by atoms with van der Waals surface area (Å²) in [5, 5.41) is 9.79. The van der Waals surface area contributed by atoms with E-state index in [4.69, 9.17) is 9.47 Å². The summed E-state index contributed by atoms with van der Waals surface area (Å²) in [5.74, 6) is -5.78. The number of aliphatic hydroxyl groups excluding tert-OH is 1. The highest BCUT2D eigenvalue weighted by atomic mass is 19.3. The Morgan fingerprint density at radius 1 is 1.35 bits per heavy atom. The van der Waals surface area contributed by atoms with E-state index >= 15 is 0 Å². The summed E-state index contributed by atoms with van der Waals surface area (Å²) in [6, 6.07) is 4.11. The Kier molecular flexibility index (Phi) is 5.26. The number of ether oxygens (including phenoxy) is 3. The van der Waals surface area contributed by atoms with E-state index in [1.807, 2.05) is 0 Å². The minimum Gasteiger partial charge on any atom is -0.493 e. The molecule has 7 heteroatoms. The monoisotopic (exact) mass is 290 g/mol. The summed E-state index contributed by atoms with van der Waals surface area (Å²) in [6.45, 7) is 1.18. The Labute approximate surface area is 115 Å². The maximum Gasteiger partial charge on any atom is 0.380 e. The number of para-hydroxylation sites is 1. The molecule has 0 spiro atoms. The molecular formula is C13H16F2O5. The molecule has 20 heavy (non-hydrogen) atoms. The molecule has 0 radical (unpaired) electrons. The summed E-state index contributed by atoms with van der Waals surface area (Å²) in [5.41, 5.74) is -0.259. The van der Waals surface area contributed by atoms with Crippen LogP contribution < -0.4 is 9.47 Å². The molecule has 0 heterocycles. The van der Waals surface area contributed by atoms with Crippen molar-refractivity contribution in [2.45, 2.75) is 19.0 Å². The van der Waals surface area contributed by atoms with Crippen LogP contribution in [0.4, 0.5) is 8.78 Å². The van der Waals surface area contributed by atoms with Crippen LogP contribution in [-0.4, -0.2) is 37.8 Å². The molecule has 112 valence electrons. The fourth-order valence-corrected chi connectivity index (χ4v) is 1.66. The number of halogens is 2. The highest BCUT2D eigenvalue weighted by Gasteiger charge is 2.50. The third kappa shape index (κ3) is 2.98. The fourth-order valence-electron chi connectivity index (χ4n) is 1.66. The number of methoxy groups -OCH3 is 2. The van der Waals surface area contributed by atoms with Crippen LogP contribution in [0.15, 0.2) is 18.2 Å². The lowest BCUT2D eigenvalue weighted by Gasteiger charge is -2.23. The number of esters is 1. The molecule has 1 aromatic carbocycles. The van der Waals surface area contributed by atoms with Crippen molar-refractivity contribution < 1.29 is 32.9 Å². The van der Waals surface area contributed by atoms with Gasteiger partial charge in [-0.25, -0.2) is 4.79 Å². The van der Waals surface area contributed by atoms with Gasteiger partial charge in [0.1, 0.15) is 0 Å². The smallest absolute Gasteiger partial charge is 0.380 e. The summed E-state index contributed by atoms with van der Waals surface area (Å²) < 4.78 is 41.8. The molecule has 0 aliphatic rings. The van der Waals surface area contributed by atoms with Crippen molar-refractivity contribution in [1.82, 2.24) is 0 Å². The number of aliphatic hydroxyl groups is 1. The first kappa shape index (κ1) is 16.2. The van der Waals surface area contributed by atoms with Crippen molar-refractivity contribution in [1.29, 1.82) is 0 Å². The van der Waals surface area contributed by atoms with E-state index in [2.05, 4.69) is 4.74 Å². The molecule has 0 amide bonds. The zero-order valence-corrected chi connectivity index (χ0v) is 11.4. The second-order valence-electron chi connectivity index (χ2n) is 3.83. The number of hydrogen-bond acceptors (Lipinski definition) is 5. The summed E-state index contributed by atoms with van der Waals surface area (Å²) in [6.07, 6.45) is -2.40. The van der Waals surface area contributed by atoms with Crippen LogP contribution in [0.2, 0.25) is 0 Å². The highest BCUT2D eigenvalue weighted by molar-refractivity contribution is 5.79. The summed E-state index contributed by atoms with van der Waals surface area (Å²) in [4.78, 5) is 11.2. The normalized spacial score (nSPS) is 12.7. The average Bonchev–Trinajstić information content (AvgIpc) is 2.45. The van der Waals surface area contributed by atoms with Gasteiger partial charge in [0.2, 0.25) is 0 Å². The molecular weight excluding hydrogens is 274 g/mol. The van der Waals surface area contributed by atoms with Gasteiger partial charge in [-0.15, -0.1) is 0 Å². The lowest BCUT2D eigenvalue weighted by molar-refractivity contribution is -0.189. The minimum absolute atomic E-state index is 0.0635. The van der Waals surface area contributed by atoms with E-state index in [0.717, 1.165) is 0 Å². The molecule has 0 fully saturated rings. The van der Waals surface area contributed by atoms with E-state index in [0.29, 0.717) is 0 Å². The molecule has 1 N–H and O–H groups in total. The molecule has 0 saturated carbocycles. The lowest BCUT2D eigenvalue weighted by atomic mass is 10.0. The van der Waals surface area contributed by atoms with Crippen molar-refractivity contribution in [3.05, 3.63) is 23.8 Å². The maximum atomic E-state index is 13.8. The van der Waals surface area contributed by atoms with Crippen LogP contribution in [0, 0.1) is 0 Å². The lowest BCUT2D eigenvalue weighted by Crippen LogP contribution is -2.37. The van der Waals surface area contributed by atoms with Gasteiger partial charge in [0.05, 0.1) is 20.8 Å². The minimum atomic E-state index is -4.09. The molecule has 1 aromatic rings. The van der Waals surface area contributed by atoms with Gasteiger partial charge < -0.3 is 19.3 Å². The van der Waals surface area contributed by atoms with E-state index in [-0.39, 0.29) is 23.7 Å². The van der Waals surface area contributed by atoms with E-state index in [1.54, 1.807) is 0 Å². The Morgan fingerprint density at radius 2 is 2.00 bits per heavy atom. The standard InChI is InChI=1S/C13H16F2O5/c1-4-20-12(17)13(14,15)11(16)8-6-5-7-9(18-2)10(8)19-3/h5-7,11,16H,4H2,1-3H3. The maximum absolute atomic E-state index is 13.8. The average molecular weight is 290 g/mol. The van der Waals surface area contributed by atoms with Crippen molar-refractivity contribution in [3.8, 4) is 11.5 Å². The number of rotatable bonds is 6. The highest BCUT2D eigenvalue weighted by Crippen LogP contribution is 2.41. The number of alkyl halides is 2. The second-order valence-corrected chi connectivity index (χ2v) is 3.83. The molecule has 0 saturated heterocycles. The number of carbonyl (C=O) groups excluding carboxylic acids is 1. The first-order valence-corrected chi connectivity index (χ1v) is 5.84. The molecule has 5 nitrogen and oxygen atoms in total. The van der Waals surface area contributed by atoms with Gasteiger partial charge in [0.15, 0.2) is 17.6 Å². The molecule has 1 atom stereocenters. The number of benzene rings is 1. The van der Waals surface area contributed by atoms with E-state index < -0.39 is 18.0 Å².